The Morgan fingerprint density at radius 2 is 1.50 bits per heavy atom. The summed E-state index contributed by atoms with van der Waals surface area (Å²) in [5.74, 6) is -4.02. The second-order valence-corrected chi connectivity index (χ2v) is 7.92. The maximum absolute atomic E-state index is 13.1. The van der Waals surface area contributed by atoms with Gasteiger partial charge in [0.15, 0.2) is 0 Å². The molecule has 0 aliphatic rings. The molecule has 0 saturated heterocycles. The number of para-hydroxylation sites is 1. The van der Waals surface area contributed by atoms with Gasteiger partial charge < -0.3 is 31.6 Å². The highest BCUT2D eigenvalue weighted by molar-refractivity contribution is 5.94. The summed E-state index contributed by atoms with van der Waals surface area (Å²) in [6.07, 6.45) is 1.18. The van der Waals surface area contributed by atoms with Gasteiger partial charge in [-0.25, -0.2) is 4.79 Å². The van der Waals surface area contributed by atoms with E-state index in [9.17, 15) is 24.3 Å². The molecule has 178 valence electrons. The number of aromatic amines is 1. The predicted molar refractivity (Wildman–Crippen MR) is 124 cm³/mol. The first kappa shape index (κ1) is 24.5. The minimum absolute atomic E-state index is 0.0407. The Balaban J connectivity index is 1.81. The van der Waals surface area contributed by atoms with E-state index in [1.807, 2.05) is 24.3 Å². The van der Waals surface area contributed by atoms with Crippen LogP contribution < -0.4 is 16.4 Å². The number of benzene rings is 2. The monoisotopic (exact) mass is 466 g/mol. The first-order chi connectivity index (χ1) is 16.2. The van der Waals surface area contributed by atoms with Crippen molar-refractivity contribution in [2.24, 2.45) is 5.73 Å². The van der Waals surface area contributed by atoms with Crippen LogP contribution in [0, 0.1) is 0 Å². The van der Waals surface area contributed by atoms with Crippen molar-refractivity contribution < 1.29 is 29.4 Å². The third kappa shape index (κ3) is 6.42. The molecule has 10 heteroatoms. The van der Waals surface area contributed by atoms with E-state index in [0.29, 0.717) is 0 Å². The molecule has 0 aliphatic carbocycles. The average molecular weight is 466 g/mol. The molecule has 0 aliphatic heterocycles. The van der Waals surface area contributed by atoms with Gasteiger partial charge in [-0.1, -0.05) is 48.5 Å². The van der Waals surface area contributed by atoms with Crippen LogP contribution in [-0.2, 0) is 32.0 Å². The van der Waals surface area contributed by atoms with Crippen molar-refractivity contribution in [3.63, 3.8) is 0 Å². The molecule has 3 aromatic rings. The Morgan fingerprint density at radius 1 is 0.853 bits per heavy atom. The number of carboxylic acid groups (broad SMARTS) is 2. The third-order valence-corrected chi connectivity index (χ3v) is 5.36. The zero-order valence-corrected chi connectivity index (χ0v) is 18.2. The molecule has 0 radical (unpaired) electrons. The number of fused-ring (bicyclic) bond motifs is 1. The van der Waals surface area contributed by atoms with Gasteiger partial charge in [0.25, 0.3) is 0 Å². The number of aliphatic carboxylic acids is 2. The highest BCUT2D eigenvalue weighted by Crippen LogP contribution is 2.19. The van der Waals surface area contributed by atoms with Gasteiger partial charge in [0.1, 0.15) is 12.1 Å². The van der Waals surface area contributed by atoms with Crippen LogP contribution in [-0.4, -0.2) is 57.1 Å². The average Bonchev–Trinajstić information content (AvgIpc) is 3.21. The quantitative estimate of drug-likeness (QED) is 0.242. The summed E-state index contributed by atoms with van der Waals surface area (Å²) in [5.41, 5.74) is 7.93. The highest BCUT2D eigenvalue weighted by atomic mass is 16.4. The highest BCUT2D eigenvalue weighted by Gasteiger charge is 2.29. The number of aromatic nitrogens is 1. The lowest BCUT2D eigenvalue weighted by Crippen LogP contribution is -2.55. The molecule has 1 heterocycles. The van der Waals surface area contributed by atoms with E-state index < -0.39 is 48.3 Å². The number of nitrogens with one attached hydrogen (secondary N) is 3. The van der Waals surface area contributed by atoms with Gasteiger partial charge in [0.2, 0.25) is 11.8 Å². The third-order valence-electron chi connectivity index (χ3n) is 5.36. The van der Waals surface area contributed by atoms with Crippen molar-refractivity contribution in [2.45, 2.75) is 37.4 Å². The minimum atomic E-state index is -1.37. The van der Waals surface area contributed by atoms with E-state index in [1.54, 1.807) is 36.5 Å². The van der Waals surface area contributed by atoms with Crippen molar-refractivity contribution >= 4 is 34.7 Å². The maximum atomic E-state index is 13.1. The molecule has 3 rings (SSSR count). The second kappa shape index (κ2) is 11.1. The van der Waals surface area contributed by atoms with Gasteiger partial charge in [-0.2, -0.15) is 0 Å². The molecule has 2 amide bonds. The van der Waals surface area contributed by atoms with Crippen LogP contribution in [0.25, 0.3) is 10.9 Å². The van der Waals surface area contributed by atoms with Crippen molar-refractivity contribution in [3.05, 3.63) is 71.9 Å². The maximum Gasteiger partial charge on any atom is 0.326 e. The van der Waals surface area contributed by atoms with Crippen LogP contribution in [0.4, 0.5) is 0 Å². The van der Waals surface area contributed by atoms with Gasteiger partial charge in [0, 0.05) is 29.9 Å². The van der Waals surface area contributed by atoms with Crippen molar-refractivity contribution in [1.82, 2.24) is 15.6 Å². The number of H-pyrrole nitrogens is 1. The molecule has 3 atom stereocenters. The molecule has 7 N–H and O–H groups in total. The van der Waals surface area contributed by atoms with Crippen LogP contribution in [0.3, 0.4) is 0 Å². The molecule has 0 saturated carbocycles. The molecule has 0 bridgehead atoms. The van der Waals surface area contributed by atoms with Crippen LogP contribution in [0.15, 0.2) is 60.8 Å². The van der Waals surface area contributed by atoms with E-state index in [1.165, 1.54) is 0 Å². The first-order valence-corrected chi connectivity index (χ1v) is 10.6. The molecular weight excluding hydrogens is 440 g/mol. The van der Waals surface area contributed by atoms with Crippen LogP contribution >= 0.6 is 0 Å². The molecule has 34 heavy (non-hydrogen) atoms. The van der Waals surface area contributed by atoms with E-state index in [0.717, 1.165) is 22.0 Å². The van der Waals surface area contributed by atoms with E-state index in [4.69, 9.17) is 10.8 Å². The number of nitrogens with two attached hydrogens (primary N) is 1. The Morgan fingerprint density at radius 3 is 2.18 bits per heavy atom. The molecule has 1 aromatic heterocycles. The summed E-state index contributed by atoms with van der Waals surface area (Å²) in [7, 11) is 0. The second-order valence-electron chi connectivity index (χ2n) is 7.92. The van der Waals surface area contributed by atoms with Crippen molar-refractivity contribution in [1.29, 1.82) is 0 Å². The summed E-state index contributed by atoms with van der Waals surface area (Å²) < 4.78 is 0. The number of rotatable bonds is 11. The minimum Gasteiger partial charge on any atom is -0.481 e. The van der Waals surface area contributed by atoms with Gasteiger partial charge in [-0.15, -0.1) is 0 Å². The number of carbonyl (C=O) groups excluding carboxylic acids is 2. The molecule has 3 unspecified atom stereocenters. The topological polar surface area (TPSA) is 175 Å². The standard InChI is InChI=1S/C24H26N4O6/c25-17(12-21(29)30)22(31)27-19(11-15-13-26-18-9-5-4-8-16(15)18)23(32)28-20(24(33)34)10-14-6-2-1-3-7-14/h1-9,13,17,19-20,26H,10-12,25H2,(H,27,31)(H,28,32)(H,29,30)(H,33,34). The zero-order valence-electron chi connectivity index (χ0n) is 18.2. The van der Waals surface area contributed by atoms with Gasteiger partial charge in [-0.05, 0) is 17.2 Å². The van der Waals surface area contributed by atoms with Crippen LogP contribution in [0.5, 0.6) is 0 Å². The summed E-state index contributed by atoms with van der Waals surface area (Å²) in [5, 5.41) is 24.4. The van der Waals surface area contributed by atoms with Gasteiger partial charge in [0.05, 0.1) is 12.5 Å². The number of hydrogen-bond donors (Lipinski definition) is 6. The Labute approximate surface area is 195 Å². The van der Waals surface area contributed by atoms with Gasteiger partial charge in [-0.3, -0.25) is 14.4 Å². The molecular formula is C24H26N4O6. The van der Waals surface area contributed by atoms with E-state index >= 15 is 0 Å². The normalized spacial score (nSPS) is 13.6. The fourth-order valence-corrected chi connectivity index (χ4v) is 3.61. The zero-order chi connectivity index (χ0) is 24.7. The molecule has 10 nitrogen and oxygen atoms in total. The van der Waals surface area contributed by atoms with Crippen LogP contribution in [0.2, 0.25) is 0 Å². The summed E-state index contributed by atoms with van der Waals surface area (Å²) in [4.78, 5) is 51.4. The number of hydrogen-bond acceptors (Lipinski definition) is 5. The van der Waals surface area contributed by atoms with Crippen LogP contribution in [0.1, 0.15) is 17.5 Å². The van der Waals surface area contributed by atoms with Gasteiger partial charge >= 0.3 is 11.9 Å². The Kier molecular flexibility index (Phi) is 7.99. The van der Waals surface area contributed by atoms with E-state index in [2.05, 4.69) is 15.6 Å². The Bertz CT molecular complexity index is 1180. The lowest BCUT2D eigenvalue weighted by atomic mass is 10.0. The Hall–Kier alpha value is -4.18. The summed E-state index contributed by atoms with van der Waals surface area (Å²) in [6, 6.07) is 12.4. The van der Waals surface area contributed by atoms with E-state index in [-0.39, 0.29) is 12.8 Å². The SMILES string of the molecule is NC(CC(=O)O)C(=O)NC(Cc1c[nH]c2ccccc12)C(=O)NC(Cc1ccccc1)C(=O)O. The smallest absolute Gasteiger partial charge is 0.326 e. The first-order valence-electron chi connectivity index (χ1n) is 10.6. The lowest BCUT2D eigenvalue weighted by molar-refractivity contribution is -0.142. The number of carbonyl (C=O) groups is 4. The van der Waals surface area contributed by atoms with Crippen molar-refractivity contribution in [2.75, 3.05) is 0 Å². The summed E-state index contributed by atoms with van der Waals surface area (Å²) >= 11 is 0. The fourth-order valence-electron chi connectivity index (χ4n) is 3.61. The molecule has 0 fully saturated rings. The summed E-state index contributed by atoms with van der Waals surface area (Å²) in [6.45, 7) is 0. The fraction of sp³-hybridized carbons (Fsp3) is 0.250. The largest absolute Gasteiger partial charge is 0.481 e. The molecule has 2 aromatic carbocycles. The molecule has 0 spiro atoms. The lowest BCUT2D eigenvalue weighted by Gasteiger charge is -2.23. The van der Waals surface area contributed by atoms with Crippen molar-refractivity contribution in [3.8, 4) is 0 Å². The number of amides is 2. The number of carboxylic acids is 2. The predicted octanol–water partition coefficient (Wildman–Crippen LogP) is 0.809.